The fourth-order valence-corrected chi connectivity index (χ4v) is 2.61. The third kappa shape index (κ3) is 3.85. The van der Waals surface area contributed by atoms with Gasteiger partial charge in [0.05, 0.1) is 6.10 Å². The molecular weight excluding hydrogens is 258 g/mol. The molecule has 1 atom stereocenters. The lowest BCUT2D eigenvalue weighted by molar-refractivity contribution is 0.233. The van der Waals surface area contributed by atoms with E-state index in [0.717, 1.165) is 24.2 Å². The maximum Gasteiger partial charge on any atom is 0.124 e. The van der Waals surface area contributed by atoms with Gasteiger partial charge in [0.15, 0.2) is 0 Å². The van der Waals surface area contributed by atoms with Gasteiger partial charge >= 0.3 is 0 Å². The van der Waals surface area contributed by atoms with Crippen LogP contribution >= 0.6 is 0 Å². The van der Waals surface area contributed by atoms with Crippen molar-refractivity contribution >= 4 is 0 Å². The minimum absolute atomic E-state index is 0.143. The maximum absolute atomic E-state index is 6.75. The summed E-state index contributed by atoms with van der Waals surface area (Å²) in [6.07, 6.45) is 1.81. The van der Waals surface area contributed by atoms with Crippen LogP contribution < -0.4 is 10.5 Å². The Hall–Kier alpha value is -1.80. The van der Waals surface area contributed by atoms with Gasteiger partial charge in [-0.3, -0.25) is 0 Å². The summed E-state index contributed by atoms with van der Waals surface area (Å²) in [6.45, 7) is 6.21. The van der Waals surface area contributed by atoms with Gasteiger partial charge in [0, 0.05) is 11.1 Å². The molecule has 112 valence electrons. The van der Waals surface area contributed by atoms with E-state index >= 15 is 0 Å². The molecule has 0 saturated carbocycles. The highest BCUT2D eigenvalue weighted by Gasteiger charge is 2.29. The second-order valence-electron chi connectivity index (χ2n) is 5.83. The molecule has 0 bridgehead atoms. The lowest BCUT2D eigenvalue weighted by Gasteiger charge is -2.31. The van der Waals surface area contributed by atoms with E-state index in [-0.39, 0.29) is 6.10 Å². The number of benzene rings is 2. The minimum atomic E-state index is -0.410. The molecule has 2 nitrogen and oxygen atoms in total. The van der Waals surface area contributed by atoms with E-state index in [1.165, 1.54) is 5.56 Å². The molecule has 0 saturated heterocycles. The predicted octanol–water partition coefficient (Wildman–Crippen LogP) is 4.28. The van der Waals surface area contributed by atoms with E-state index in [2.05, 4.69) is 37.3 Å². The van der Waals surface area contributed by atoms with Gasteiger partial charge in [-0.25, -0.2) is 0 Å². The fourth-order valence-electron chi connectivity index (χ4n) is 2.61. The summed E-state index contributed by atoms with van der Waals surface area (Å²) in [7, 11) is 0. The molecule has 2 heteroatoms. The molecule has 0 aliphatic carbocycles. The number of rotatable bonds is 6. The Bertz CT molecular complexity index is 565. The molecule has 0 spiro atoms. The van der Waals surface area contributed by atoms with Gasteiger partial charge in [0.2, 0.25) is 0 Å². The van der Waals surface area contributed by atoms with Crippen molar-refractivity contribution < 1.29 is 4.74 Å². The Morgan fingerprint density at radius 1 is 1.00 bits per heavy atom. The Balaban J connectivity index is 2.36. The summed E-state index contributed by atoms with van der Waals surface area (Å²) >= 11 is 0. The standard InChI is InChI=1S/C19H25NO/c1-4-19(20,14-16-10-6-5-7-11-16)17-12-8-9-13-18(17)21-15(2)3/h5-13,15H,4,14,20H2,1-3H3. The SMILES string of the molecule is CCC(N)(Cc1ccccc1)c1ccccc1OC(C)C. The zero-order chi connectivity index (χ0) is 15.3. The van der Waals surface area contributed by atoms with Crippen molar-refractivity contribution in [1.82, 2.24) is 0 Å². The van der Waals surface area contributed by atoms with Crippen LogP contribution in [0.15, 0.2) is 54.6 Å². The molecule has 2 N–H and O–H groups in total. The molecule has 0 radical (unpaired) electrons. The topological polar surface area (TPSA) is 35.2 Å². The highest BCUT2D eigenvalue weighted by Crippen LogP contribution is 2.34. The average Bonchev–Trinajstić information content (AvgIpc) is 2.48. The largest absolute Gasteiger partial charge is 0.491 e. The molecule has 2 aromatic rings. The summed E-state index contributed by atoms with van der Waals surface area (Å²) in [6, 6.07) is 18.5. The van der Waals surface area contributed by atoms with Crippen LogP contribution in [0.2, 0.25) is 0 Å². The normalized spacial score (nSPS) is 14.0. The van der Waals surface area contributed by atoms with Crippen LogP contribution in [-0.4, -0.2) is 6.10 Å². The van der Waals surface area contributed by atoms with Crippen LogP contribution in [0, 0.1) is 0 Å². The van der Waals surface area contributed by atoms with Gasteiger partial charge in [-0.15, -0.1) is 0 Å². The predicted molar refractivity (Wildman–Crippen MR) is 88.5 cm³/mol. The Kier molecular flexibility index (Phi) is 5.03. The summed E-state index contributed by atoms with van der Waals surface area (Å²) in [5.41, 5.74) is 8.68. The molecule has 0 heterocycles. The Labute approximate surface area is 127 Å². The summed E-state index contributed by atoms with van der Waals surface area (Å²) in [4.78, 5) is 0. The fraction of sp³-hybridized carbons (Fsp3) is 0.368. The van der Waals surface area contributed by atoms with Gasteiger partial charge in [-0.1, -0.05) is 55.5 Å². The summed E-state index contributed by atoms with van der Waals surface area (Å²) < 4.78 is 5.95. The average molecular weight is 283 g/mol. The second kappa shape index (κ2) is 6.77. The molecule has 2 aromatic carbocycles. The first-order valence-corrected chi connectivity index (χ1v) is 7.64. The van der Waals surface area contributed by atoms with E-state index < -0.39 is 5.54 Å². The lowest BCUT2D eigenvalue weighted by Crippen LogP contribution is -2.39. The van der Waals surface area contributed by atoms with Crippen LogP contribution in [0.25, 0.3) is 0 Å². The van der Waals surface area contributed by atoms with E-state index in [4.69, 9.17) is 10.5 Å². The Morgan fingerprint density at radius 3 is 2.24 bits per heavy atom. The molecule has 2 rings (SSSR count). The molecule has 21 heavy (non-hydrogen) atoms. The van der Waals surface area contributed by atoms with Crippen molar-refractivity contribution in [3.05, 3.63) is 65.7 Å². The third-order valence-electron chi connectivity index (χ3n) is 3.78. The third-order valence-corrected chi connectivity index (χ3v) is 3.78. The molecule has 0 aromatic heterocycles. The van der Waals surface area contributed by atoms with Crippen molar-refractivity contribution in [2.75, 3.05) is 0 Å². The van der Waals surface area contributed by atoms with Crippen LogP contribution in [0.5, 0.6) is 5.75 Å². The smallest absolute Gasteiger partial charge is 0.124 e. The highest BCUT2D eigenvalue weighted by molar-refractivity contribution is 5.40. The molecular formula is C19H25NO. The number of ether oxygens (including phenoxy) is 1. The van der Waals surface area contributed by atoms with Crippen molar-refractivity contribution in [3.8, 4) is 5.75 Å². The van der Waals surface area contributed by atoms with Crippen LogP contribution in [-0.2, 0) is 12.0 Å². The van der Waals surface area contributed by atoms with Crippen LogP contribution in [0.4, 0.5) is 0 Å². The Morgan fingerprint density at radius 2 is 1.62 bits per heavy atom. The van der Waals surface area contributed by atoms with E-state index in [0.29, 0.717) is 0 Å². The zero-order valence-corrected chi connectivity index (χ0v) is 13.2. The van der Waals surface area contributed by atoms with E-state index in [1.807, 2.05) is 38.1 Å². The van der Waals surface area contributed by atoms with Crippen molar-refractivity contribution in [2.24, 2.45) is 5.73 Å². The van der Waals surface area contributed by atoms with Crippen LogP contribution in [0.3, 0.4) is 0 Å². The zero-order valence-electron chi connectivity index (χ0n) is 13.2. The first kappa shape index (κ1) is 15.6. The first-order valence-electron chi connectivity index (χ1n) is 7.64. The quantitative estimate of drug-likeness (QED) is 0.858. The highest BCUT2D eigenvalue weighted by atomic mass is 16.5. The summed E-state index contributed by atoms with van der Waals surface area (Å²) in [5.74, 6) is 0.896. The summed E-state index contributed by atoms with van der Waals surface area (Å²) in [5, 5.41) is 0. The molecule has 0 aliphatic heterocycles. The van der Waals surface area contributed by atoms with Gasteiger partial charge in [-0.2, -0.15) is 0 Å². The van der Waals surface area contributed by atoms with Gasteiger partial charge < -0.3 is 10.5 Å². The van der Waals surface area contributed by atoms with Gasteiger partial charge in [-0.05, 0) is 38.3 Å². The van der Waals surface area contributed by atoms with Crippen LogP contribution in [0.1, 0.15) is 38.3 Å². The molecule has 0 amide bonds. The molecule has 0 aliphatic rings. The second-order valence-corrected chi connectivity index (χ2v) is 5.83. The number of nitrogens with two attached hydrogens (primary N) is 1. The van der Waals surface area contributed by atoms with Crippen molar-refractivity contribution in [1.29, 1.82) is 0 Å². The monoisotopic (exact) mass is 283 g/mol. The lowest BCUT2D eigenvalue weighted by atomic mass is 9.82. The number of para-hydroxylation sites is 1. The van der Waals surface area contributed by atoms with Crippen molar-refractivity contribution in [3.63, 3.8) is 0 Å². The minimum Gasteiger partial charge on any atom is -0.491 e. The molecule has 0 fully saturated rings. The van der Waals surface area contributed by atoms with E-state index in [1.54, 1.807) is 0 Å². The number of hydrogen-bond acceptors (Lipinski definition) is 2. The first-order chi connectivity index (χ1) is 10.0. The van der Waals surface area contributed by atoms with E-state index in [9.17, 15) is 0 Å². The van der Waals surface area contributed by atoms with Gasteiger partial charge in [0.25, 0.3) is 0 Å². The van der Waals surface area contributed by atoms with Crippen molar-refractivity contribution in [2.45, 2.75) is 45.3 Å². The van der Waals surface area contributed by atoms with Gasteiger partial charge in [0.1, 0.15) is 5.75 Å². The molecule has 1 unspecified atom stereocenters. The maximum atomic E-state index is 6.75. The number of hydrogen-bond donors (Lipinski definition) is 1.